The lowest BCUT2D eigenvalue weighted by Gasteiger charge is -2.27. The van der Waals surface area contributed by atoms with Crippen molar-refractivity contribution in [2.24, 2.45) is 0 Å². The summed E-state index contributed by atoms with van der Waals surface area (Å²) in [7, 11) is -1.82. The van der Waals surface area contributed by atoms with Crippen LogP contribution in [0.3, 0.4) is 0 Å². The number of nitrogens with zero attached hydrogens (tertiary/aromatic N) is 3. The van der Waals surface area contributed by atoms with Crippen molar-refractivity contribution in [2.75, 3.05) is 63.2 Å². The van der Waals surface area contributed by atoms with Crippen molar-refractivity contribution >= 4 is 27.3 Å². The second-order valence-electron chi connectivity index (χ2n) is 8.62. The fourth-order valence-electron chi connectivity index (χ4n) is 4.27. The van der Waals surface area contributed by atoms with Crippen molar-refractivity contribution in [1.82, 2.24) is 9.21 Å². The van der Waals surface area contributed by atoms with Gasteiger partial charge in [-0.3, -0.25) is 9.69 Å². The molecule has 2 aliphatic rings. The Balaban J connectivity index is 1.52. The largest absolute Gasteiger partial charge is 0.465 e. The normalized spacial score (nSPS) is 17.6. The first-order valence-corrected chi connectivity index (χ1v) is 12.8. The Bertz CT molecular complexity index is 1070. The third-order valence-corrected chi connectivity index (χ3v) is 7.83. The molecular weight excluding hydrogens is 444 g/mol. The molecule has 3 heterocycles. The number of aryl methyl sites for hydroxylation is 1. The van der Waals surface area contributed by atoms with E-state index in [1.165, 1.54) is 4.31 Å². The number of benzene rings is 1. The molecule has 2 fully saturated rings. The number of sulfonamides is 1. The fraction of sp³-hybridized carbons (Fsp3) is 0.522. The first-order chi connectivity index (χ1) is 15.8. The van der Waals surface area contributed by atoms with E-state index in [1.807, 2.05) is 37.1 Å². The van der Waals surface area contributed by atoms with Crippen LogP contribution in [0, 0.1) is 6.92 Å². The lowest BCUT2D eigenvalue weighted by atomic mass is 10.2. The molecule has 0 radical (unpaired) electrons. The van der Waals surface area contributed by atoms with Crippen molar-refractivity contribution in [1.29, 1.82) is 0 Å². The number of amides is 1. The Morgan fingerprint density at radius 3 is 2.48 bits per heavy atom. The molecule has 0 unspecified atom stereocenters. The van der Waals surface area contributed by atoms with Crippen LogP contribution in [-0.4, -0.2) is 76.5 Å². The topological polar surface area (TPSA) is 95.3 Å². The lowest BCUT2D eigenvalue weighted by Crippen LogP contribution is -2.40. The molecule has 1 aromatic heterocycles. The molecule has 4 rings (SSSR count). The van der Waals surface area contributed by atoms with E-state index in [0.29, 0.717) is 38.5 Å². The molecule has 33 heavy (non-hydrogen) atoms. The summed E-state index contributed by atoms with van der Waals surface area (Å²) in [6, 6.07) is 8.83. The molecule has 2 aromatic rings. The van der Waals surface area contributed by atoms with Gasteiger partial charge < -0.3 is 19.4 Å². The van der Waals surface area contributed by atoms with Crippen molar-refractivity contribution in [3.63, 3.8) is 0 Å². The maximum atomic E-state index is 13.2. The van der Waals surface area contributed by atoms with E-state index in [-0.39, 0.29) is 17.3 Å². The number of carbonyl (C=O) groups excluding carboxylic acids is 1. The molecule has 1 N–H and O–H groups in total. The van der Waals surface area contributed by atoms with Gasteiger partial charge in [0.05, 0.1) is 42.6 Å². The van der Waals surface area contributed by atoms with Gasteiger partial charge in [-0.1, -0.05) is 0 Å². The monoisotopic (exact) mass is 476 g/mol. The molecule has 0 spiro atoms. The fourth-order valence-corrected chi connectivity index (χ4v) is 5.71. The van der Waals surface area contributed by atoms with E-state index in [4.69, 9.17) is 9.15 Å². The summed E-state index contributed by atoms with van der Waals surface area (Å²) >= 11 is 0. The van der Waals surface area contributed by atoms with Crippen LogP contribution < -0.4 is 10.2 Å². The summed E-state index contributed by atoms with van der Waals surface area (Å²) in [5, 5.41) is 2.96. The van der Waals surface area contributed by atoms with E-state index in [2.05, 4.69) is 10.2 Å². The highest BCUT2D eigenvalue weighted by atomic mass is 32.2. The number of furan rings is 1. The molecule has 2 aliphatic heterocycles. The second-order valence-corrected chi connectivity index (χ2v) is 10.6. The maximum Gasteiger partial charge on any atom is 0.243 e. The van der Waals surface area contributed by atoms with Crippen molar-refractivity contribution < 1.29 is 22.4 Å². The zero-order chi connectivity index (χ0) is 23.4. The molecule has 9 nitrogen and oxygen atoms in total. The molecule has 10 heteroatoms. The van der Waals surface area contributed by atoms with Gasteiger partial charge in [-0.15, -0.1) is 0 Å². The SMILES string of the molecule is Cc1ccc(CN(C)CC(=O)Nc2cc(S(=O)(=O)N3CCOCC3)ccc2N2CCCC2)o1. The van der Waals surface area contributed by atoms with E-state index in [0.717, 1.165) is 43.1 Å². The van der Waals surface area contributed by atoms with E-state index in [1.54, 1.807) is 12.1 Å². The molecular formula is C23H32N4O5S. The van der Waals surface area contributed by atoms with Crippen LogP contribution in [0.5, 0.6) is 0 Å². The zero-order valence-electron chi connectivity index (χ0n) is 19.2. The Morgan fingerprint density at radius 2 is 1.82 bits per heavy atom. The minimum absolute atomic E-state index is 0.152. The number of morpholine rings is 1. The van der Waals surface area contributed by atoms with Gasteiger partial charge in [-0.05, 0) is 57.1 Å². The average Bonchev–Trinajstić information content (AvgIpc) is 3.46. The van der Waals surface area contributed by atoms with Crippen LogP contribution in [-0.2, 0) is 26.1 Å². The summed E-state index contributed by atoms with van der Waals surface area (Å²) < 4.78 is 38.7. The van der Waals surface area contributed by atoms with Gasteiger partial charge >= 0.3 is 0 Å². The minimum atomic E-state index is -3.66. The van der Waals surface area contributed by atoms with Gasteiger partial charge in [0.25, 0.3) is 0 Å². The van der Waals surface area contributed by atoms with Crippen LogP contribution in [0.15, 0.2) is 39.6 Å². The number of anilines is 2. The number of carbonyl (C=O) groups is 1. The zero-order valence-corrected chi connectivity index (χ0v) is 20.1. The third-order valence-electron chi connectivity index (χ3n) is 5.93. The molecule has 1 aromatic carbocycles. The Hall–Kier alpha value is -2.40. The third kappa shape index (κ3) is 5.75. The van der Waals surface area contributed by atoms with Gasteiger partial charge in [0.1, 0.15) is 11.5 Å². The van der Waals surface area contributed by atoms with Gasteiger partial charge in [0, 0.05) is 26.2 Å². The molecule has 2 saturated heterocycles. The number of nitrogens with one attached hydrogen (secondary N) is 1. The van der Waals surface area contributed by atoms with Gasteiger partial charge in [-0.25, -0.2) is 8.42 Å². The van der Waals surface area contributed by atoms with Gasteiger partial charge in [-0.2, -0.15) is 4.31 Å². The predicted molar refractivity (Wildman–Crippen MR) is 126 cm³/mol. The number of hydrogen-bond acceptors (Lipinski definition) is 7. The van der Waals surface area contributed by atoms with Crippen LogP contribution in [0.1, 0.15) is 24.4 Å². The summed E-state index contributed by atoms with van der Waals surface area (Å²) in [4.78, 5) is 17.1. The minimum Gasteiger partial charge on any atom is -0.465 e. The molecule has 0 bridgehead atoms. The first kappa shape index (κ1) is 23.7. The number of likely N-dealkylation sites (N-methyl/N-ethyl adjacent to an activating group) is 1. The average molecular weight is 477 g/mol. The van der Waals surface area contributed by atoms with Crippen molar-refractivity contribution in [3.05, 3.63) is 41.9 Å². The smallest absolute Gasteiger partial charge is 0.243 e. The van der Waals surface area contributed by atoms with Crippen molar-refractivity contribution in [3.8, 4) is 0 Å². The second kappa shape index (κ2) is 10.3. The Labute approximate surface area is 195 Å². The summed E-state index contributed by atoms with van der Waals surface area (Å²) in [6.45, 7) is 5.74. The molecule has 0 saturated carbocycles. The van der Waals surface area contributed by atoms with Crippen molar-refractivity contribution in [2.45, 2.75) is 31.2 Å². The number of rotatable bonds is 8. The molecule has 180 valence electrons. The maximum absolute atomic E-state index is 13.2. The van der Waals surface area contributed by atoms with Gasteiger partial charge in [0.15, 0.2) is 0 Å². The highest BCUT2D eigenvalue weighted by molar-refractivity contribution is 7.89. The van der Waals surface area contributed by atoms with Crippen LogP contribution in [0.25, 0.3) is 0 Å². The number of ether oxygens (including phenoxy) is 1. The van der Waals surface area contributed by atoms with Gasteiger partial charge in [0.2, 0.25) is 15.9 Å². The quantitative estimate of drug-likeness (QED) is 0.625. The first-order valence-electron chi connectivity index (χ1n) is 11.3. The van der Waals surface area contributed by atoms with Crippen LogP contribution >= 0.6 is 0 Å². The standard InChI is InChI=1S/C23H32N4O5S/c1-18-5-6-19(32-18)16-25(2)17-23(28)24-21-15-20(7-8-22(21)26-9-3-4-10-26)33(29,30)27-11-13-31-14-12-27/h5-8,15H,3-4,9-14,16-17H2,1-2H3,(H,24,28). The molecule has 1 amide bonds. The van der Waals surface area contributed by atoms with Crippen LogP contribution in [0.4, 0.5) is 11.4 Å². The summed E-state index contributed by atoms with van der Waals surface area (Å²) in [5.41, 5.74) is 1.38. The highest BCUT2D eigenvalue weighted by Gasteiger charge is 2.28. The summed E-state index contributed by atoms with van der Waals surface area (Å²) in [6.07, 6.45) is 2.15. The van der Waals surface area contributed by atoms with E-state index >= 15 is 0 Å². The van der Waals surface area contributed by atoms with E-state index in [9.17, 15) is 13.2 Å². The Kier molecular flexibility index (Phi) is 7.38. The number of hydrogen-bond donors (Lipinski definition) is 1. The van der Waals surface area contributed by atoms with Crippen LogP contribution in [0.2, 0.25) is 0 Å². The van der Waals surface area contributed by atoms with E-state index < -0.39 is 10.0 Å². The summed E-state index contributed by atoms with van der Waals surface area (Å²) in [5.74, 6) is 1.41. The predicted octanol–water partition coefficient (Wildman–Crippen LogP) is 2.28. The lowest BCUT2D eigenvalue weighted by molar-refractivity contribution is -0.117. The molecule has 0 atom stereocenters. The molecule has 0 aliphatic carbocycles. The highest BCUT2D eigenvalue weighted by Crippen LogP contribution is 2.32. The Morgan fingerprint density at radius 1 is 1.09 bits per heavy atom.